The van der Waals surface area contributed by atoms with E-state index in [1.54, 1.807) is 24.3 Å². The Bertz CT molecular complexity index is 864. The van der Waals surface area contributed by atoms with Gasteiger partial charge in [0.1, 0.15) is 5.57 Å². The first-order valence-corrected chi connectivity index (χ1v) is 8.01. The number of aliphatic hydroxyl groups is 1. The zero-order valence-electron chi connectivity index (χ0n) is 12.4. The number of Topliss-reactive ketones (excluding diaryl/α,β-unsaturated/α-hetero) is 2. The van der Waals surface area contributed by atoms with E-state index in [1.165, 1.54) is 11.8 Å². The minimum Gasteiger partial charge on any atom is -0.392 e. The number of hydrogen-bond acceptors (Lipinski definition) is 5. The summed E-state index contributed by atoms with van der Waals surface area (Å²) in [6.07, 6.45) is 0. The van der Waals surface area contributed by atoms with E-state index in [2.05, 4.69) is 0 Å². The minimum atomic E-state index is -0.213. The first-order valence-electron chi connectivity index (χ1n) is 7.20. The van der Waals surface area contributed by atoms with Crippen molar-refractivity contribution in [2.75, 3.05) is 11.9 Å². The molecule has 1 N–H and O–H groups in total. The summed E-state index contributed by atoms with van der Waals surface area (Å²) in [4.78, 5) is 28.1. The van der Waals surface area contributed by atoms with E-state index >= 15 is 0 Å². The highest BCUT2D eigenvalue weighted by Gasteiger charge is 2.39. The quantitative estimate of drug-likeness (QED) is 0.646. The van der Waals surface area contributed by atoms with Gasteiger partial charge in [0.05, 0.1) is 17.3 Å². The van der Waals surface area contributed by atoms with Crippen LogP contribution in [0.1, 0.15) is 26.3 Å². The highest BCUT2D eigenvalue weighted by Crippen LogP contribution is 2.48. The summed E-state index contributed by atoms with van der Waals surface area (Å²) >= 11 is 1.42. The average molecular weight is 323 g/mol. The number of fused-ring (bicyclic) bond motifs is 2. The maximum atomic E-state index is 12.7. The van der Waals surface area contributed by atoms with Crippen LogP contribution in [0, 0.1) is 0 Å². The molecular weight excluding hydrogens is 310 g/mol. The predicted octanol–water partition coefficient (Wildman–Crippen LogP) is 3.01. The van der Waals surface area contributed by atoms with Crippen molar-refractivity contribution in [2.45, 2.75) is 11.5 Å². The van der Waals surface area contributed by atoms with Gasteiger partial charge in [-0.25, -0.2) is 0 Å². The molecule has 1 heterocycles. The van der Waals surface area contributed by atoms with Gasteiger partial charge >= 0.3 is 0 Å². The molecule has 0 bridgehead atoms. The van der Waals surface area contributed by atoms with Crippen LogP contribution in [-0.2, 0) is 6.61 Å². The van der Waals surface area contributed by atoms with Crippen LogP contribution in [0.5, 0.6) is 0 Å². The first kappa shape index (κ1) is 14.2. The van der Waals surface area contributed by atoms with Gasteiger partial charge in [-0.3, -0.25) is 9.59 Å². The van der Waals surface area contributed by atoms with Crippen LogP contribution in [0.15, 0.2) is 58.0 Å². The van der Waals surface area contributed by atoms with Gasteiger partial charge in [-0.15, -0.1) is 0 Å². The van der Waals surface area contributed by atoms with Crippen molar-refractivity contribution < 1.29 is 14.7 Å². The van der Waals surface area contributed by atoms with Gasteiger partial charge in [-0.05, 0) is 17.7 Å². The number of carbonyl (C=O) groups excluding carboxylic acids is 2. The second kappa shape index (κ2) is 5.08. The Balaban J connectivity index is 1.85. The second-order valence-electron chi connectivity index (χ2n) is 5.51. The van der Waals surface area contributed by atoms with Crippen LogP contribution in [0.25, 0.3) is 0 Å². The molecule has 5 heteroatoms. The molecule has 1 aliphatic carbocycles. The number of thioether (sulfide) groups is 1. The van der Waals surface area contributed by atoms with Gasteiger partial charge in [-0.1, -0.05) is 42.1 Å². The third-order valence-corrected chi connectivity index (χ3v) is 5.40. The van der Waals surface area contributed by atoms with Gasteiger partial charge in [0.25, 0.3) is 0 Å². The van der Waals surface area contributed by atoms with Crippen LogP contribution < -0.4 is 4.90 Å². The molecule has 0 amide bonds. The second-order valence-corrected chi connectivity index (χ2v) is 6.54. The molecule has 4 rings (SSSR count). The van der Waals surface area contributed by atoms with Gasteiger partial charge in [0, 0.05) is 23.1 Å². The van der Waals surface area contributed by atoms with Gasteiger partial charge in [0.2, 0.25) is 0 Å². The fourth-order valence-corrected chi connectivity index (χ4v) is 4.12. The zero-order chi connectivity index (χ0) is 16.1. The van der Waals surface area contributed by atoms with Crippen molar-refractivity contribution in [2.24, 2.45) is 0 Å². The van der Waals surface area contributed by atoms with Crippen LogP contribution in [0.3, 0.4) is 0 Å². The van der Waals surface area contributed by atoms with Gasteiger partial charge < -0.3 is 10.0 Å². The van der Waals surface area contributed by atoms with Crippen molar-refractivity contribution in [1.82, 2.24) is 0 Å². The largest absolute Gasteiger partial charge is 0.392 e. The molecule has 2 aromatic carbocycles. The van der Waals surface area contributed by atoms with Crippen molar-refractivity contribution in [3.8, 4) is 0 Å². The van der Waals surface area contributed by atoms with E-state index in [-0.39, 0.29) is 23.7 Å². The number of hydrogen-bond donors (Lipinski definition) is 1. The van der Waals surface area contributed by atoms with E-state index in [0.717, 1.165) is 16.1 Å². The average Bonchev–Trinajstić information content (AvgIpc) is 3.03. The molecule has 0 radical (unpaired) electrons. The lowest BCUT2D eigenvalue weighted by molar-refractivity contribution is 0.0988. The molecule has 0 saturated heterocycles. The van der Waals surface area contributed by atoms with E-state index in [0.29, 0.717) is 16.2 Å². The number of nitrogens with zero attached hydrogens (tertiary/aromatic N) is 1. The Hall–Kier alpha value is -2.37. The Morgan fingerprint density at radius 2 is 1.70 bits per heavy atom. The lowest BCUT2D eigenvalue weighted by Gasteiger charge is -2.15. The Morgan fingerprint density at radius 1 is 1.04 bits per heavy atom. The third-order valence-electron chi connectivity index (χ3n) is 4.16. The van der Waals surface area contributed by atoms with Crippen molar-refractivity contribution >= 4 is 29.0 Å². The van der Waals surface area contributed by atoms with Gasteiger partial charge in [0.15, 0.2) is 11.6 Å². The highest BCUT2D eigenvalue weighted by atomic mass is 32.2. The highest BCUT2D eigenvalue weighted by molar-refractivity contribution is 8.03. The lowest BCUT2D eigenvalue weighted by Crippen LogP contribution is -2.16. The molecule has 4 nitrogen and oxygen atoms in total. The number of allylic oxidation sites excluding steroid dienone is 1. The fraction of sp³-hybridized carbons (Fsp3) is 0.111. The fourth-order valence-electron chi connectivity index (χ4n) is 2.96. The van der Waals surface area contributed by atoms with E-state index in [9.17, 15) is 14.7 Å². The van der Waals surface area contributed by atoms with Gasteiger partial charge in [-0.2, -0.15) is 0 Å². The molecule has 0 unspecified atom stereocenters. The third kappa shape index (κ3) is 1.97. The van der Waals surface area contributed by atoms with Crippen molar-refractivity contribution in [1.29, 1.82) is 0 Å². The maximum absolute atomic E-state index is 12.7. The van der Waals surface area contributed by atoms with Crippen LogP contribution in [0.4, 0.5) is 5.69 Å². The molecule has 0 fully saturated rings. The Labute approximate surface area is 137 Å². The maximum Gasteiger partial charge on any atom is 0.200 e. The molecule has 2 aromatic rings. The summed E-state index contributed by atoms with van der Waals surface area (Å²) in [5.41, 5.74) is 2.89. The Kier molecular flexibility index (Phi) is 3.14. The normalized spacial score (nSPS) is 16.2. The SMILES string of the molecule is CN1C(=C2C(=O)c3ccccc3C2=O)Sc2ccc(CO)cc21. The lowest BCUT2D eigenvalue weighted by atomic mass is 10.1. The zero-order valence-corrected chi connectivity index (χ0v) is 13.2. The summed E-state index contributed by atoms with van der Waals surface area (Å²) in [6, 6.07) is 12.6. The number of benzene rings is 2. The number of anilines is 1. The molecule has 0 saturated carbocycles. The van der Waals surface area contributed by atoms with E-state index in [4.69, 9.17) is 0 Å². The molecular formula is C18H13NO3S. The minimum absolute atomic E-state index is 0.0407. The van der Waals surface area contributed by atoms with Crippen LogP contribution in [-0.4, -0.2) is 23.7 Å². The molecule has 2 aliphatic rings. The van der Waals surface area contributed by atoms with E-state index < -0.39 is 0 Å². The van der Waals surface area contributed by atoms with Crippen LogP contribution in [0.2, 0.25) is 0 Å². The summed E-state index contributed by atoms with van der Waals surface area (Å²) in [7, 11) is 1.84. The van der Waals surface area contributed by atoms with Crippen molar-refractivity contribution in [3.05, 3.63) is 69.8 Å². The number of ketones is 2. The molecule has 0 atom stereocenters. The summed E-state index contributed by atoms with van der Waals surface area (Å²) in [5, 5.41) is 9.94. The van der Waals surface area contributed by atoms with Crippen LogP contribution >= 0.6 is 11.8 Å². The Morgan fingerprint density at radius 3 is 2.30 bits per heavy atom. The molecule has 0 aromatic heterocycles. The molecule has 23 heavy (non-hydrogen) atoms. The standard InChI is InChI=1S/C18H13NO3S/c1-19-13-8-10(9-20)6-7-14(13)23-18(19)15-16(21)11-4-2-3-5-12(11)17(15)22/h2-8,20H,9H2,1H3. The smallest absolute Gasteiger partial charge is 0.200 e. The molecule has 114 valence electrons. The predicted molar refractivity (Wildman–Crippen MR) is 88.8 cm³/mol. The molecule has 1 aliphatic heterocycles. The molecule has 0 spiro atoms. The van der Waals surface area contributed by atoms with E-state index in [1.807, 2.05) is 30.1 Å². The van der Waals surface area contributed by atoms with Crippen molar-refractivity contribution in [3.63, 3.8) is 0 Å². The summed E-state index contributed by atoms with van der Waals surface area (Å²) < 4.78 is 0. The summed E-state index contributed by atoms with van der Waals surface area (Å²) in [6.45, 7) is -0.0407. The topological polar surface area (TPSA) is 57.6 Å². The monoisotopic (exact) mass is 323 g/mol. The summed E-state index contributed by atoms with van der Waals surface area (Å²) in [5.74, 6) is -0.426. The number of carbonyl (C=O) groups is 2. The number of rotatable bonds is 1. The first-order chi connectivity index (χ1) is 11.1. The number of aliphatic hydroxyl groups excluding tert-OH is 1.